The van der Waals surface area contributed by atoms with Gasteiger partial charge in [-0.05, 0) is 30.5 Å². The molecule has 1 aromatic carbocycles. The molecule has 0 aliphatic carbocycles. The van der Waals surface area contributed by atoms with Crippen molar-refractivity contribution in [3.63, 3.8) is 0 Å². The molecule has 0 atom stereocenters. The number of benzene rings is 1. The maximum absolute atomic E-state index is 12.6. The molecule has 2 aromatic heterocycles. The number of rotatable bonds is 8. The van der Waals surface area contributed by atoms with Crippen LogP contribution in [-0.4, -0.2) is 35.6 Å². The summed E-state index contributed by atoms with van der Waals surface area (Å²) in [5.74, 6) is 0.873. The highest BCUT2D eigenvalue weighted by Crippen LogP contribution is 2.36. The first-order chi connectivity index (χ1) is 14.0. The molecule has 0 radical (unpaired) electrons. The number of hydrogen-bond acceptors (Lipinski definition) is 6. The number of methoxy groups -OCH3 is 2. The largest absolute Gasteiger partial charge is 0.493 e. The molecule has 3 aromatic rings. The molecule has 2 heterocycles. The van der Waals surface area contributed by atoms with Gasteiger partial charge in [-0.15, -0.1) is 11.3 Å². The summed E-state index contributed by atoms with van der Waals surface area (Å²) in [5, 5.41) is 7.61. The molecular formula is C20H22N4O4S. The lowest BCUT2D eigenvalue weighted by molar-refractivity contribution is -0.116. The van der Waals surface area contributed by atoms with Gasteiger partial charge in [0.05, 0.1) is 26.5 Å². The predicted octanol–water partition coefficient (Wildman–Crippen LogP) is 2.84. The highest BCUT2D eigenvalue weighted by atomic mass is 32.1. The third-order valence-electron chi connectivity index (χ3n) is 4.26. The molecule has 0 spiro atoms. The van der Waals surface area contributed by atoms with Crippen molar-refractivity contribution in [2.24, 2.45) is 0 Å². The number of ether oxygens (including phenoxy) is 2. The van der Waals surface area contributed by atoms with E-state index in [0.29, 0.717) is 29.3 Å². The number of carbonyl (C=O) groups excluding carboxylic acids is 2. The molecule has 0 saturated carbocycles. The smallest absolute Gasteiger partial charge is 0.251 e. The number of nitrogens with one attached hydrogen (secondary N) is 2. The molecule has 0 bridgehead atoms. The normalized spacial score (nSPS) is 10.4. The van der Waals surface area contributed by atoms with Gasteiger partial charge in [-0.2, -0.15) is 0 Å². The molecule has 2 N–H and O–H groups in total. The maximum atomic E-state index is 12.6. The SMILES string of the molecule is COc1cc(C(=O)NCc2cccs2)cc(NC(=O)Cn2ccnc2C)c1OC. The van der Waals surface area contributed by atoms with E-state index in [0.717, 1.165) is 10.7 Å². The van der Waals surface area contributed by atoms with Gasteiger partial charge in [-0.3, -0.25) is 9.59 Å². The fourth-order valence-electron chi connectivity index (χ4n) is 2.79. The van der Waals surface area contributed by atoms with Gasteiger partial charge in [0.2, 0.25) is 5.91 Å². The zero-order chi connectivity index (χ0) is 20.8. The van der Waals surface area contributed by atoms with Crippen LogP contribution in [0.15, 0.2) is 42.0 Å². The van der Waals surface area contributed by atoms with Crippen LogP contribution >= 0.6 is 11.3 Å². The van der Waals surface area contributed by atoms with Crippen molar-refractivity contribution in [1.29, 1.82) is 0 Å². The molecule has 3 rings (SSSR count). The molecule has 8 nitrogen and oxygen atoms in total. The quantitative estimate of drug-likeness (QED) is 0.591. The minimum absolute atomic E-state index is 0.0894. The summed E-state index contributed by atoms with van der Waals surface area (Å²) in [5.41, 5.74) is 0.712. The van der Waals surface area contributed by atoms with Gasteiger partial charge in [0.25, 0.3) is 5.91 Å². The number of aromatic nitrogens is 2. The topological polar surface area (TPSA) is 94.5 Å². The Kier molecular flexibility index (Phi) is 6.50. The highest BCUT2D eigenvalue weighted by Gasteiger charge is 2.18. The molecule has 29 heavy (non-hydrogen) atoms. The van der Waals surface area contributed by atoms with Gasteiger partial charge in [-0.25, -0.2) is 4.98 Å². The van der Waals surface area contributed by atoms with Crippen LogP contribution in [0.2, 0.25) is 0 Å². The van der Waals surface area contributed by atoms with E-state index >= 15 is 0 Å². The third kappa shape index (κ3) is 4.94. The van der Waals surface area contributed by atoms with Crippen molar-refractivity contribution < 1.29 is 19.1 Å². The highest BCUT2D eigenvalue weighted by molar-refractivity contribution is 7.09. The summed E-state index contributed by atoms with van der Waals surface area (Å²) in [6.45, 7) is 2.33. The van der Waals surface area contributed by atoms with E-state index in [2.05, 4.69) is 15.6 Å². The van der Waals surface area contributed by atoms with Crippen molar-refractivity contribution in [1.82, 2.24) is 14.9 Å². The molecule has 0 saturated heterocycles. The van der Waals surface area contributed by atoms with Crippen LogP contribution in [0.1, 0.15) is 21.1 Å². The minimum Gasteiger partial charge on any atom is -0.493 e. The van der Waals surface area contributed by atoms with Gasteiger partial charge in [-0.1, -0.05) is 6.07 Å². The first kappa shape index (κ1) is 20.4. The number of nitrogens with zero attached hydrogens (tertiary/aromatic N) is 2. The Bertz CT molecular complexity index is 998. The number of imidazole rings is 1. The molecule has 9 heteroatoms. The Morgan fingerprint density at radius 2 is 2.07 bits per heavy atom. The van der Waals surface area contributed by atoms with Crippen LogP contribution in [0.4, 0.5) is 5.69 Å². The standard InChI is InChI=1S/C20H22N4O4S/c1-13-21-6-7-24(13)12-18(25)23-16-9-14(10-17(27-2)19(16)28-3)20(26)22-11-15-5-4-8-29-15/h4-10H,11-12H2,1-3H3,(H,22,26)(H,23,25). The lowest BCUT2D eigenvalue weighted by atomic mass is 10.1. The number of anilines is 1. The molecule has 152 valence electrons. The van der Waals surface area contributed by atoms with Crippen molar-refractivity contribution >= 4 is 28.8 Å². The summed E-state index contributed by atoms with van der Waals surface area (Å²) in [4.78, 5) is 30.3. The number of aryl methyl sites for hydroxylation is 1. The first-order valence-electron chi connectivity index (χ1n) is 8.86. The summed E-state index contributed by atoms with van der Waals surface area (Å²) in [7, 11) is 2.95. The summed E-state index contributed by atoms with van der Waals surface area (Å²) in [6.07, 6.45) is 3.35. The van der Waals surface area contributed by atoms with E-state index < -0.39 is 0 Å². The zero-order valence-electron chi connectivity index (χ0n) is 16.4. The Morgan fingerprint density at radius 3 is 2.69 bits per heavy atom. The number of carbonyl (C=O) groups is 2. The zero-order valence-corrected chi connectivity index (χ0v) is 17.2. The average Bonchev–Trinajstić information content (AvgIpc) is 3.37. The van der Waals surface area contributed by atoms with E-state index in [1.807, 2.05) is 24.4 Å². The van der Waals surface area contributed by atoms with E-state index in [-0.39, 0.29) is 18.4 Å². The second-order valence-electron chi connectivity index (χ2n) is 6.17. The Hall–Kier alpha value is -3.33. The van der Waals surface area contributed by atoms with Crippen LogP contribution in [0.3, 0.4) is 0 Å². The van der Waals surface area contributed by atoms with Crippen molar-refractivity contribution in [2.45, 2.75) is 20.0 Å². The van der Waals surface area contributed by atoms with Crippen LogP contribution in [0, 0.1) is 6.92 Å². The summed E-state index contributed by atoms with van der Waals surface area (Å²) >= 11 is 1.56. The Morgan fingerprint density at radius 1 is 1.24 bits per heavy atom. The van der Waals surface area contributed by atoms with E-state index in [1.165, 1.54) is 14.2 Å². The van der Waals surface area contributed by atoms with Crippen LogP contribution in [0.5, 0.6) is 11.5 Å². The fourth-order valence-corrected chi connectivity index (χ4v) is 3.43. The third-order valence-corrected chi connectivity index (χ3v) is 5.13. The van der Waals surface area contributed by atoms with Crippen molar-refractivity contribution in [2.75, 3.05) is 19.5 Å². The number of hydrogen-bond donors (Lipinski definition) is 2. The summed E-state index contributed by atoms with van der Waals surface area (Å²) in [6, 6.07) is 7.03. The number of amides is 2. The molecule has 0 fully saturated rings. The monoisotopic (exact) mass is 414 g/mol. The van der Waals surface area contributed by atoms with Crippen LogP contribution in [0.25, 0.3) is 0 Å². The van der Waals surface area contributed by atoms with E-state index in [9.17, 15) is 9.59 Å². The van der Waals surface area contributed by atoms with Gasteiger partial charge in [0.15, 0.2) is 11.5 Å². The summed E-state index contributed by atoms with van der Waals surface area (Å²) < 4.78 is 12.5. The Labute approximate surface area is 172 Å². The minimum atomic E-state index is -0.277. The predicted molar refractivity (Wildman–Crippen MR) is 111 cm³/mol. The van der Waals surface area contributed by atoms with E-state index in [1.54, 1.807) is 40.4 Å². The molecular weight excluding hydrogens is 392 g/mol. The van der Waals surface area contributed by atoms with Gasteiger partial charge in [0, 0.05) is 22.8 Å². The fraction of sp³-hybridized carbons (Fsp3) is 0.250. The van der Waals surface area contributed by atoms with Gasteiger partial charge >= 0.3 is 0 Å². The molecule has 0 unspecified atom stereocenters. The molecule has 0 aliphatic rings. The second-order valence-corrected chi connectivity index (χ2v) is 7.20. The Balaban J connectivity index is 1.80. The van der Waals surface area contributed by atoms with Crippen molar-refractivity contribution in [3.05, 3.63) is 58.3 Å². The second kappa shape index (κ2) is 9.24. The van der Waals surface area contributed by atoms with Gasteiger partial charge < -0.3 is 24.7 Å². The van der Waals surface area contributed by atoms with Crippen molar-refractivity contribution in [3.8, 4) is 11.5 Å². The molecule has 0 aliphatic heterocycles. The van der Waals surface area contributed by atoms with Crippen LogP contribution in [-0.2, 0) is 17.9 Å². The van der Waals surface area contributed by atoms with Crippen LogP contribution < -0.4 is 20.1 Å². The van der Waals surface area contributed by atoms with E-state index in [4.69, 9.17) is 9.47 Å². The lowest BCUT2D eigenvalue weighted by Gasteiger charge is -2.16. The number of thiophene rings is 1. The first-order valence-corrected chi connectivity index (χ1v) is 9.74. The average molecular weight is 414 g/mol. The lowest BCUT2D eigenvalue weighted by Crippen LogP contribution is -2.23. The van der Waals surface area contributed by atoms with Gasteiger partial charge in [0.1, 0.15) is 12.4 Å². The maximum Gasteiger partial charge on any atom is 0.251 e. The molecule has 2 amide bonds.